The van der Waals surface area contributed by atoms with Crippen LogP contribution in [-0.2, 0) is 6.54 Å². The van der Waals surface area contributed by atoms with E-state index in [-0.39, 0.29) is 5.69 Å². The Morgan fingerprint density at radius 1 is 1.20 bits per heavy atom. The van der Waals surface area contributed by atoms with Gasteiger partial charge in [-0.3, -0.25) is 9.78 Å². The van der Waals surface area contributed by atoms with Crippen molar-refractivity contribution < 1.29 is 0 Å². The fraction of sp³-hybridized carbons (Fsp3) is 0.286. The van der Waals surface area contributed by atoms with Crippen molar-refractivity contribution in [2.24, 2.45) is 5.92 Å². The molecule has 0 saturated heterocycles. The average Bonchev–Trinajstić information content (AvgIpc) is 2.39. The van der Waals surface area contributed by atoms with Crippen LogP contribution in [0.25, 0.3) is 22.6 Å². The van der Waals surface area contributed by atoms with Crippen molar-refractivity contribution in [3.63, 3.8) is 0 Å². The van der Waals surface area contributed by atoms with Crippen LogP contribution in [0, 0.1) is 5.92 Å². The van der Waals surface area contributed by atoms with Crippen LogP contribution in [-0.4, -0.2) is 19.5 Å². The van der Waals surface area contributed by atoms with Crippen molar-refractivity contribution in [3.05, 3.63) is 45.1 Å². The van der Waals surface area contributed by atoms with Crippen LogP contribution in [0.5, 0.6) is 0 Å². The molecule has 0 radical (unpaired) electrons. The number of aromatic nitrogens is 4. The standard InChI is InChI=1S/C14H14N4O2/c1-8(2)7-18-10-6-4-3-5-9(10)15-11-12(18)16-14(20)17-13(11)19/h3-6,8H,7H2,1-2H3,(H,17,19,20). The molecule has 1 aromatic rings. The molecule has 20 heavy (non-hydrogen) atoms. The summed E-state index contributed by atoms with van der Waals surface area (Å²) in [4.78, 5) is 33.8. The molecule has 0 amide bonds. The normalized spacial score (nSPS) is 11.6. The molecule has 0 atom stereocenters. The zero-order valence-electron chi connectivity index (χ0n) is 11.3. The molecule has 102 valence electrons. The molecule has 2 aliphatic rings. The summed E-state index contributed by atoms with van der Waals surface area (Å²) >= 11 is 0. The number of hydrogen-bond donors (Lipinski definition) is 1. The summed E-state index contributed by atoms with van der Waals surface area (Å²) in [6, 6.07) is 7.52. The van der Waals surface area contributed by atoms with Gasteiger partial charge in [0.15, 0.2) is 11.5 Å². The second kappa shape index (κ2) is 4.56. The molecule has 0 spiro atoms. The molecule has 6 nitrogen and oxygen atoms in total. The molecular formula is C14H14N4O2. The van der Waals surface area contributed by atoms with Gasteiger partial charge in [-0.1, -0.05) is 26.0 Å². The van der Waals surface area contributed by atoms with Crippen molar-refractivity contribution >= 4 is 11.0 Å². The molecule has 0 saturated carbocycles. The predicted octanol–water partition coefficient (Wildman–Crippen LogP) is 1.24. The number of aromatic amines is 1. The maximum absolute atomic E-state index is 11.9. The highest BCUT2D eigenvalue weighted by Gasteiger charge is 2.18. The second-order valence-electron chi connectivity index (χ2n) is 5.15. The molecule has 1 aromatic carbocycles. The molecule has 6 heteroatoms. The third kappa shape index (κ3) is 1.99. The van der Waals surface area contributed by atoms with E-state index >= 15 is 0 Å². The zero-order valence-corrected chi connectivity index (χ0v) is 11.3. The van der Waals surface area contributed by atoms with E-state index in [9.17, 15) is 9.59 Å². The van der Waals surface area contributed by atoms with Gasteiger partial charge in [0.1, 0.15) is 0 Å². The van der Waals surface area contributed by atoms with E-state index < -0.39 is 11.2 Å². The maximum atomic E-state index is 11.9. The lowest BCUT2D eigenvalue weighted by molar-refractivity contribution is 0.530. The van der Waals surface area contributed by atoms with Crippen molar-refractivity contribution in [1.29, 1.82) is 0 Å². The topological polar surface area (TPSA) is 80.6 Å². The van der Waals surface area contributed by atoms with Crippen molar-refractivity contribution in [1.82, 2.24) is 19.5 Å². The maximum Gasteiger partial charge on any atom is 0.349 e. The fourth-order valence-corrected chi connectivity index (χ4v) is 2.30. The Morgan fingerprint density at radius 3 is 2.70 bits per heavy atom. The van der Waals surface area contributed by atoms with Crippen LogP contribution in [0.1, 0.15) is 13.8 Å². The van der Waals surface area contributed by atoms with Crippen molar-refractivity contribution in [2.75, 3.05) is 0 Å². The van der Waals surface area contributed by atoms with Gasteiger partial charge in [-0.25, -0.2) is 9.78 Å². The van der Waals surface area contributed by atoms with E-state index in [1.54, 1.807) is 0 Å². The Kier molecular flexibility index (Phi) is 2.85. The van der Waals surface area contributed by atoms with E-state index in [0.29, 0.717) is 23.8 Å². The summed E-state index contributed by atoms with van der Waals surface area (Å²) in [5, 5.41) is 0. The highest BCUT2D eigenvalue weighted by atomic mass is 16.2. The molecule has 0 aromatic heterocycles. The SMILES string of the molecule is CC(C)Cn1c2nc(=O)[nH]c(=O)c-2nc2ccccc21. The van der Waals surface area contributed by atoms with E-state index in [4.69, 9.17) is 0 Å². The molecule has 2 heterocycles. The predicted molar refractivity (Wildman–Crippen MR) is 75.9 cm³/mol. The summed E-state index contributed by atoms with van der Waals surface area (Å²) in [6.45, 7) is 4.80. The number of benzene rings is 1. The lowest BCUT2D eigenvalue weighted by Crippen LogP contribution is -2.29. The lowest BCUT2D eigenvalue weighted by Gasteiger charge is -2.17. The van der Waals surface area contributed by atoms with E-state index in [0.717, 1.165) is 5.52 Å². The minimum absolute atomic E-state index is 0.198. The zero-order chi connectivity index (χ0) is 14.3. The Morgan fingerprint density at radius 2 is 1.95 bits per heavy atom. The Balaban J connectivity index is 2.50. The van der Waals surface area contributed by atoms with Gasteiger partial charge in [0.05, 0.1) is 11.0 Å². The Hall–Kier alpha value is -2.50. The number of nitrogens with one attached hydrogen (secondary N) is 1. The lowest BCUT2D eigenvalue weighted by atomic mass is 10.2. The first-order chi connectivity index (χ1) is 9.56. The highest BCUT2D eigenvalue weighted by Crippen LogP contribution is 2.21. The molecule has 1 N–H and O–H groups in total. The largest absolute Gasteiger partial charge is 0.349 e. The van der Waals surface area contributed by atoms with Gasteiger partial charge in [0.25, 0.3) is 5.56 Å². The molecule has 0 aliphatic carbocycles. The molecule has 3 rings (SSSR count). The summed E-state index contributed by atoms with van der Waals surface area (Å²) < 4.78 is 1.89. The average molecular weight is 270 g/mol. The van der Waals surface area contributed by atoms with Gasteiger partial charge >= 0.3 is 5.69 Å². The third-order valence-electron chi connectivity index (χ3n) is 3.06. The van der Waals surface area contributed by atoms with Crippen LogP contribution in [0.15, 0.2) is 33.9 Å². The van der Waals surface area contributed by atoms with Gasteiger partial charge in [0.2, 0.25) is 0 Å². The number of H-pyrrole nitrogens is 1. The molecule has 0 fully saturated rings. The second-order valence-corrected chi connectivity index (χ2v) is 5.15. The summed E-state index contributed by atoms with van der Waals surface area (Å²) in [5.74, 6) is 0.691. The summed E-state index contributed by atoms with van der Waals surface area (Å²) in [6.07, 6.45) is 0. The van der Waals surface area contributed by atoms with Crippen LogP contribution >= 0.6 is 0 Å². The van der Waals surface area contributed by atoms with Gasteiger partial charge in [-0.2, -0.15) is 4.98 Å². The number of para-hydroxylation sites is 2. The third-order valence-corrected chi connectivity index (χ3v) is 3.06. The van der Waals surface area contributed by atoms with Crippen LogP contribution in [0.4, 0.5) is 0 Å². The van der Waals surface area contributed by atoms with Crippen molar-refractivity contribution in [2.45, 2.75) is 20.4 Å². The van der Waals surface area contributed by atoms with Crippen LogP contribution < -0.4 is 11.2 Å². The minimum atomic E-state index is -0.642. The fourth-order valence-electron chi connectivity index (χ4n) is 2.30. The Labute approximate surface area is 114 Å². The van der Waals surface area contributed by atoms with Gasteiger partial charge in [0, 0.05) is 6.54 Å². The first-order valence-corrected chi connectivity index (χ1v) is 6.46. The monoisotopic (exact) mass is 270 g/mol. The quantitative estimate of drug-likeness (QED) is 0.710. The molecule has 2 aliphatic heterocycles. The van der Waals surface area contributed by atoms with E-state index in [2.05, 4.69) is 28.8 Å². The van der Waals surface area contributed by atoms with E-state index in [1.807, 2.05) is 28.8 Å². The number of fused-ring (bicyclic) bond motifs is 2. The summed E-state index contributed by atoms with van der Waals surface area (Å²) in [7, 11) is 0. The van der Waals surface area contributed by atoms with Gasteiger partial charge < -0.3 is 4.57 Å². The van der Waals surface area contributed by atoms with Crippen LogP contribution in [0.3, 0.4) is 0 Å². The van der Waals surface area contributed by atoms with Gasteiger partial charge in [-0.15, -0.1) is 0 Å². The highest BCUT2D eigenvalue weighted by molar-refractivity contribution is 5.79. The number of hydrogen-bond acceptors (Lipinski definition) is 4. The van der Waals surface area contributed by atoms with E-state index in [1.165, 1.54) is 0 Å². The molecule has 0 bridgehead atoms. The Bertz CT molecular complexity index is 863. The first kappa shape index (κ1) is 12.5. The van der Waals surface area contributed by atoms with Gasteiger partial charge in [-0.05, 0) is 18.1 Å². The smallest absolute Gasteiger partial charge is 0.322 e. The first-order valence-electron chi connectivity index (χ1n) is 6.46. The minimum Gasteiger partial charge on any atom is -0.322 e. The molecule has 0 unspecified atom stereocenters. The summed E-state index contributed by atoms with van der Waals surface area (Å²) in [5.41, 5.74) is 0.641. The molecular weight excluding hydrogens is 256 g/mol. The number of rotatable bonds is 2. The van der Waals surface area contributed by atoms with Crippen LogP contribution in [0.2, 0.25) is 0 Å². The van der Waals surface area contributed by atoms with Crippen molar-refractivity contribution in [3.8, 4) is 11.5 Å². The number of nitrogens with zero attached hydrogens (tertiary/aromatic N) is 3.